The average molecular weight is 259 g/mol. The van der Waals surface area contributed by atoms with Crippen molar-refractivity contribution in [3.8, 4) is 5.75 Å². The lowest BCUT2D eigenvalue weighted by molar-refractivity contribution is 0.0624. The monoisotopic (exact) mass is 259 g/mol. The second kappa shape index (κ2) is 5.16. The minimum absolute atomic E-state index is 0.0688. The summed E-state index contributed by atoms with van der Waals surface area (Å²) in [5.41, 5.74) is 1.27. The first kappa shape index (κ1) is 13.0. The highest BCUT2D eigenvalue weighted by atomic mass is 16.5. The first-order chi connectivity index (χ1) is 9.14. The predicted octanol–water partition coefficient (Wildman–Crippen LogP) is 4.21. The molecule has 1 heterocycles. The van der Waals surface area contributed by atoms with E-state index < -0.39 is 0 Å². The van der Waals surface area contributed by atoms with Crippen LogP contribution in [0.2, 0.25) is 0 Å². The Hall–Kier alpha value is -1.02. The molecule has 1 fully saturated rings. The van der Waals surface area contributed by atoms with Gasteiger partial charge in [-0.15, -0.1) is 0 Å². The van der Waals surface area contributed by atoms with E-state index in [9.17, 15) is 0 Å². The Morgan fingerprint density at radius 3 is 2.63 bits per heavy atom. The lowest BCUT2D eigenvalue weighted by Gasteiger charge is -2.40. The largest absolute Gasteiger partial charge is 0.487 e. The van der Waals surface area contributed by atoms with Crippen LogP contribution in [0.4, 0.5) is 0 Å². The summed E-state index contributed by atoms with van der Waals surface area (Å²) in [6, 6.07) is 9.65. The molecule has 0 amide bonds. The lowest BCUT2D eigenvalue weighted by atomic mass is 9.87. The zero-order chi connectivity index (χ0) is 13.3. The van der Waals surface area contributed by atoms with Gasteiger partial charge in [-0.05, 0) is 32.8 Å². The van der Waals surface area contributed by atoms with Crippen LogP contribution in [0.5, 0.6) is 5.75 Å². The smallest absolute Gasteiger partial charge is 0.124 e. The molecule has 1 unspecified atom stereocenters. The second-order valence-corrected chi connectivity index (χ2v) is 6.66. The summed E-state index contributed by atoms with van der Waals surface area (Å²) >= 11 is 0. The van der Waals surface area contributed by atoms with Gasteiger partial charge in [0.25, 0.3) is 0 Å². The molecule has 2 aliphatic rings. The molecule has 0 bridgehead atoms. The van der Waals surface area contributed by atoms with Gasteiger partial charge in [-0.1, -0.05) is 37.5 Å². The van der Waals surface area contributed by atoms with Gasteiger partial charge in [-0.25, -0.2) is 0 Å². The number of nitrogens with one attached hydrogen (secondary N) is 1. The Morgan fingerprint density at radius 1 is 1.11 bits per heavy atom. The molecule has 1 aliphatic carbocycles. The summed E-state index contributed by atoms with van der Waals surface area (Å²) < 4.78 is 6.10. The van der Waals surface area contributed by atoms with E-state index in [1.165, 1.54) is 37.7 Å². The van der Waals surface area contributed by atoms with Crippen LogP contribution < -0.4 is 10.1 Å². The van der Waals surface area contributed by atoms with E-state index in [0.29, 0.717) is 12.1 Å². The summed E-state index contributed by atoms with van der Waals surface area (Å²) in [5, 5.41) is 3.89. The zero-order valence-corrected chi connectivity index (χ0v) is 12.1. The van der Waals surface area contributed by atoms with Crippen molar-refractivity contribution < 1.29 is 4.74 Å². The van der Waals surface area contributed by atoms with E-state index in [2.05, 4.69) is 43.4 Å². The minimum atomic E-state index is -0.0688. The third-order valence-corrected chi connectivity index (χ3v) is 4.42. The normalized spacial score (nSPS) is 26.5. The molecule has 0 spiro atoms. The van der Waals surface area contributed by atoms with E-state index >= 15 is 0 Å². The van der Waals surface area contributed by atoms with Crippen molar-refractivity contribution in [2.75, 3.05) is 0 Å². The van der Waals surface area contributed by atoms with Crippen LogP contribution in [-0.2, 0) is 0 Å². The van der Waals surface area contributed by atoms with Crippen LogP contribution in [0.25, 0.3) is 0 Å². The molecule has 3 rings (SSSR count). The average Bonchev–Trinajstić information content (AvgIpc) is 2.38. The molecule has 1 atom stereocenters. The van der Waals surface area contributed by atoms with E-state index in [-0.39, 0.29) is 5.60 Å². The molecular formula is C17H25NO. The topological polar surface area (TPSA) is 21.3 Å². The van der Waals surface area contributed by atoms with E-state index in [0.717, 1.165) is 12.2 Å². The van der Waals surface area contributed by atoms with Crippen molar-refractivity contribution in [3.05, 3.63) is 29.8 Å². The summed E-state index contributed by atoms with van der Waals surface area (Å²) in [5.74, 6) is 1.06. The molecule has 1 aromatic rings. The molecule has 2 heteroatoms. The van der Waals surface area contributed by atoms with Gasteiger partial charge in [0.15, 0.2) is 0 Å². The van der Waals surface area contributed by atoms with Gasteiger partial charge in [0.2, 0.25) is 0 Å². The molecule has 19 heavy (non-hydrogen) atoms. The van der Waals surface area contributed by atoms with Crippen LogP contribution in [-0.4, -0.2) is 11.6 Å². The standard InChI is InChI=1S/C17H25NO/c1-17(2)12-15(18-13-8-4-3-5-9-13)14-10-6-7-11-16(14)19-17/h6-7,10-11,13,15,18H,3-5,8-9,12H2,1-2H3. The van der Waals surface area contributed by atoms with Crippen LogP contribution >= 0.6 is 0 Å². The van der Waals surface area contributed by atoms with E-state index in [1.807, 2.05) is 0 Å². The fraction of sp³-hybridized carbons (Fsp3) is 0.647. The summed E-state index contributed by atoms with van der Waals surface area (Å²) in [7, 11) is 0. The molecule has 0 aromatic heterocycles. The fourth-order valence-corrected chi connectivity index (χ4v) is 3.50. The van der Waals surface area contributed by atoms with E-state index in [4.69, 9.17) is 4.74 Å². The van der Waals surface area contributed by atoms with Crippen LogP contribution in [0.3, 0.4) is 0 Å². The number of ether oxygens (including phenoxy) is 1. The predicted molar refractivity (Wildman–Crippen MR) is 78.5 cm³/mol. The Bertz CT molecular complexity index is 435. The zero-order valence-electron chi connectivity index (χ0n) is 12.1. The highest BCUT2D eigenvalue weighted by Crippen LogP contribution is 2.40. The SMILES string of the molecule is CC1(C)CC(NC2CCCCC2)c2ccccc2O1. The fourth-order valence-electron chi connectivity index (χ4n) is 3.50. The highest BCUT2D eigenvalue weighted by Gasteiger charge is 2.34. The maximum Gasteiger partial charge on any atom is 0.124 e. The van der Waals surface area contributed by atoms with Crippen molar-refractivity contribution in [2.24, 2.45) is 0 Å². The first-order valence-corrected chi connectivity index (χ1v) is 7.68. The Labute approximate surface area is 116 Å². The van der Waals surface area contributed by atoms with Crippen LogP contribution in [0, 0.1) is 0 Å². The molecule has 1 aliphatic heterocycles. The van der Waals surface area contributed by atoms with Crippen molar-refractivity contribution in [1.82, 2.24) is 5.32 Å². The van der Waals surface area contributed by atoms with Crippen molar-refractivity contribution in [2.45, 2.75) is 70.1 Å². The van der Waals surface area contributed by atoms with Gasteiger partial charge in [0, 0.05) is 24.1 Å². The lowest BCUT2D eigenvalue weighted by Crippen LogP contribution is -2.43. The second-order valence-electron chi connectivity index (χ2n) is 6.66. The van der Waals surface area contributed by atoms with Crippen LogP contribution in [0.15, 0.2) is 24.3 Å². The van der Waals surface area contributed by atoms with Crippen molar-refractivity contribution >= 4 is 0 Å². The highest BCUT2D eigenvalue weighted by molar-refractivity contribution is 5.38. The first-order valence-electron chi connectivity index (χ1n) is 7.68. The number of hydrogen-bond donors (Lipinski definition) is 1. The number of para-hydroxylation sites is 1. The molecular weight excluding hydrogens is 234 g/mol. The molecule has 1 aromatic carbocycles. The molecule has 0 radical (unpaired) electrons. The number of hydrogen-bond acceptors (Lipinski definition) is 2. The quantitative estimate of drug-likeness (QED) is 0.859. The Balaban J connectivity index is 1.79. The maximum atomic E-state index is 6.10. The van der Waals surface area contributed by atoms with Gasteiger partial charge in [0.05, 0.1) is 0 Å². The van der Waals surface area contributed by atoms with Gasteiger partial charge in [0.1, 0.15) is 11.4 Å². The Kier molecular flexibility index (Phi) is 3.53. The maximum absolute atomic E-state index is 6.10. The number of rotatable bonds is 2. The van der Waals surface area contributed by atoms with E-state index in [1.54, 1.807) is 0 Å². The van der Waals surface area contributed by atoms with Crippen LogP contribution in [0.1, 0.15) is 64.0 Å². The van der Waals surface area contributed by atoms with Crippen molar-refractivity contribution in [1.29, 1.82) is 0 Å². The van der Waals surface area contributed by atoms with Gasteiger partial charge < -0.3 is 10.1 Å². The van der Waals surface area contributed by atoms with Gasteiger partial charge in [-0.3, -0.25) is 0 Å². The molecule has 1 N–H and O–H groups in total. The summed E-state index contributed by atoms with van der Waals surface area (Å²) in [6.45, 7) is 4.39. The third kappa shape index (κ3) is 2.94. The summed E-state index contributed by atoms with van der Waals surface area (Å²) in [6.07, 6.45) is 7.90. The molecule has 0 saturated heterocycles. The molecule has 104 valence electrons. The van der Waals surface area contributed by atoms with Gasteiger partial charge >= 0.3 is 0 Å². The Morgan fingerprint density at radius 2 is 1.84 bits per heavy atom. The van der Waals surface area contributed by atoms with Gasteiger partial charge in [-0.2, -0.15) is 0 Å². The number of fused-ring (bicyclic) bond motifs is 1. The number of benzene rings is 1. The van der Waals surface area contributed by atoms with Crippen molar-refractivity contribution in [3.63, 3.8) is 0 Å². The minimum Gasteiger partial charge on any atom is -0.487 e. The third-order valence-electron chi connectivity index (χ3n) is 4.42. The molecule has 1 saturated carbocycles. The summed E-state index contributed by atoms with van der Waals surface area (Å²) in [4.78, 5) is 0. The molecule has 2 nitrogen and oxygen atoms in total.